The zero-order valence-electron chi connectivity index (χ0n) is 11.0. The molecule has 2 N–H and O–H groups in total. The second-order valence-corrected chi connectivity index (χ2v) is 6.48. The van der Waals surface area contributed by atoms with Gasteiger partial charge in [0.2, 0.25) is 5.91 Å². The van der Waals surface area contributed by atoms with Gasteiger partial charge in [0.1, 0.15) is 0 Å². The Bertz CT molecular complexity index is 241. The SMILES string of the molecule is Cl.O=C(CC1CCNCC1)NCC1CCSCC1. The standard InChI is InChI=1S/C13H24N2OS.ClH/c16-13(9-11-1-5-14-6-2-11)15-10-12-3-7-17-8-4-12;/h11-12,14H,1-10H2,(H,15,16);1H. The number of rotatable bonds is 4. The summed E-state index contributed by atoms with van der Waals surface area (Å²) in [7, 11) is 0. The van der Waals surface area contributed by atoms with Crippen molar-refractivity contribution in [3.63, 3.8) is 0 Å². The van der Waals surface area contributed by atoms with Crippen LogP contribution in [0.5, 0.6) is 0 Å². The van der Waals surface area contributed by atoms with Crippen molar-refractivity contribution in [1.29, 1.82) is 0 Å². The number of thioether (sulfide) groups is 1. The summed E-state index contributed by atoms with van der Waals surface area (Å²) in [4.78, 5) is 11.8. The summed E-state index contributed by atoms with van der Waals surface area (Å²) in [6.45, 7) is 3.07. The highest BCUT2D eigenvalue weighted by atomic mass is 35.5. The molecule has 2 heterocycles. The summed E-state index contributed by atoms with van der Waals surface area (Å²) in [5.74, 6) is 4.16. The summed E-state index contributed by atoms with van der Waals surface area (Å²) < 4.78 is 0. The van der Waals surface area contributed by atoms with Crippen molar-refractivity contribution in [1.82, 2.24) is 10.6 Å². The van der Waals surface area contributed by atoms with Gasteiger partial charge in [-0.1, -0.05) is 0 Å². The normalized spacial score (nSPS) is 22.2. The summed E-state index contributed by atoms with van der Waals surface area (Å²) >= 11 is 2.04. The number of piperidine rings is 1. The van der Waals surface area contributed by atoms with Gasteiger partial charge in [-0.3, -0.25) is 4.79 Å². The van der Waals surface area contributed by atoms with Gasteiger partial charge in [0.25, 0.3) is 0 Å². The van der Waals surface area contributed by atoms with Crippen LogP contribution in [0, 0.1) is 11.8 Å². The minimum Gasteiger partial charge on any atom is -0.356 e. The summed E-state index contributed by atoms with van der Waals surface area (Å²) in [5, 5.41) is 6.47. The molecule has 0 aromatic rings. The lowest BCUT2D eigenvalue weighted by molar-refractivity contribution is -0.122. The molecule has 0 saturated carbocycles. The molecule has 5 heteroatoms. The fourth-order valence-electron chi connectivity index (χ4n) is 2.63. The molecule has 2 fully saturated rings. The summed E-state index contributed by atoms with van der Waals surface area (Å²) in [5.41, 5.74) is 0. The second-order valence-electron chi connectivity index (χ2n) is 5.26. The van der Waals surface area contributed by atoms with E-state index in [4.69, 9.17) is 0 Å². The molecule has 0 unspecified atom stereocenters. The fourth-order valence-corrected chi connectivity index (χ4v) is 3.83. The lowest BCUT2D eigenvalue weighted by Crippen LogP contribution is -2.34. The Morgan fingerprint density at radius 1 is 1.11 bits per heavy atom. The van der Waals surface area contributed by atoms with Crippen LogP contribution in [0.15, 0.2) is 0 Å². The molecule has 106 valence electrons. The quantitative estimate of drug-likeness (QED) is 0.833. The highest BCUT2D eigenvalue weighted by molar-refractivity contribution is 7.99. The molecular formula is C13H25ClN2OS. The average Bonchev–Trinajstić information content (AvgIpc) is 2.39. The minimum absolute atomic E-state index is 0. The number of carbonyl (C=O) groups is 1. The molecule has 0 radical (unpaired) electrons. The van der Waals surface area contributed by atoms with E-state index in [1.165, 1.54) is 24.3 Å². The van der Waals surface area contributed by atoms with Gasteiger partial charge >= 0.3 is 0 Å². The Hall–Kier alpha value is 0.0700. The first kappa shape index (κ1) is 16.1. The van der Waals surface area contributed by atoms with Gasteiger partial charge in [-0.2, -0.15) is 11.8 Å². The van der Waals surface area contributed by atoms with Crippen LogP contribution in [-0.2, 0) is 4.79 Å². The Morgan fingerprint density at radius 3 is 2.44 bits per heavy atom. The second kappa shape index (κ2) is 9.05. The molecule has 0 aromatic heterocycles. The van der Waals surface area contributed by atoms with Crippen molar-refractivity contribution in [2.75, 3.05) is 31.1 Å². The van der Waals surface area contributed by atoms with Crippen LogP contribution < -0.4 is 10.6 Å². The van der Waals surface area contributed by atoms with E-state index in [1.54, 1.807) is 0 Å². The minimum atomic E-state index is 0. The van der Waals surface area contributed by atoms with Crippen molar-refractivity contribution in [2.45, 2.75) is 32.1 Å². The fraction of sp³-hybridized carbons (Fsp3) is 0.923. The van der Waals surface area contributed by atoms with Crippen molar-refractivity contribution in [2.24, 2.45) is 11.8 Å². The van der Waals surface area contributed by atoms with E-state index >= 15 is 0 Å². The molecule has 0 bridgehead atoms. The number of halogens is 1. The van der Waals surface area contributed by atoms with Crippen LogP contribution in [0.3, 0.4) is 0 Å². The van der Waals surface area contributed by atoms with Crippen LogP contribution in [-0.4, -0.2) is 37.0 Å². The van der Waals surface area contributed by atoms with Crippen molar-refractivity contribution in [3.05, 3.63) is 0 Å². The van der Waals surface area contributed by atoms with E-state index in [0.29, 0.717) is 5.92 Å². The monoisotopic (exact) mass is 292 g/mol. The Kier molecular flexibility index (Phi) is 8.11. The van der Waals surface area contributed by atoms with Gasteiger partial charge in [0.15, 0.2) is 0 Å². The molecule has 3 nitrogen and oxygen atoms in total. The Balaban J connectivity index is 0.00000162. The zero-order valence-corrected chi connectivity index (χ0v) is 12.6. The van der Waals surface area contributed by atoms with E-state index in [0.717, 1.165) is 44.8 Å². The van der Waals surface area contributed by atoms with E-state index in [1.807, 2.05) is 11.8 Å². The van der Waals surface area contributed by atoms with Gasteiger partial charge in [-0.25, -0.2) is 0 Å². The predicted molar refractivity (Wildman–Crippen MR) is 80.5 cm³/mol. The smallest absolute Gasteiger partial charge is 0.220 e. The van der Waals surface area contributed by atoms with Crippen LogP contribution in [0.2, 0.25) is 0 Å². The van der Waals surface area contributed by atoms with Gasteiger partial charge in [-0.05, 0) is 62.1 Å². The van der Waals surface area contributed by atoms with Gasteiger partial charge in [0.05, 0.1) is 0 Å². The molecule has 0 aliphatic carbocycles. The van der Waals surface area contributed by atoms with Crippen LogP contribution in [0.1, 0.15) is 32.1 Å². The first-order valence-corrected chi connectivity index (χ1v) is 8.05. The predicted octanol–water partition coefficient (Wildman–Crippen LogP) is 2.06. The van der Waals surface area contributed by atoms with Gasteiger partial charge < -0.3 is 10.6 Å². The first-order valence-electron chi connectivity index (χ1n) is 6.90. The maximum absolute atomic E-state index is 11.8. The van der Waals surface area contributed by atoms with Crippen LogP contribution in [0.4, 0.5) is 0 Å². The molecule has 0 spiro atoms. The van der Waals surface area contributed by atoms with Crippen LogP contribution >= 0.6 is 24.2 Å². The Labute approximate surface area is 121 Å². The molecule has 0 aromatic carbocycles. The number of amides is 1. The molecule has 18 heavy (non-hydrogen) atoms. The van der Waals surface area contributed by atoms with E-state index in [2.05, 4.69) is 10.6 Å². The zero-order chi connectivity index (χ0) is 11.9. The molecule has 2 saturated heterocycles. The molecule has 1 amide bonds. The number of carbonyl (C=O) groups excluding carboxylic acids is 1. The van der Waals surface area contributed by atoms with Crippen molar-refractivity contribution >= 4 is 30.1 Å². The lowest BCUT2D eigenvalue weighted by atomic mass is 9.94. The number of nitrogens with one attached hydrogen (secondary N) is 2. The third-order valence-corrected chi connectivity index (χ3v) is 4.91. The topological polar surface area (TPSA) is 41.1 Å². The van der Waals surface area contributed by atoms with Gasteiger partial charge in [-0.15, -0.1) is 12.4 Å². The molecular weight excluding hydrogens is 268 g/mol. The third-order valence-electron chi connectivity index (χ3n) is 3.86. The van der Waals surface area contributed by atoms with Crippen molar-refractivity contribution in [3.8, 4) is 0 Å². The lowest BCUT2D eigenvalue weighted by Gasteiger charge is -2.24. The van der Waals surface area contributed by atoms with E-state index in [-0.39, 0.29) is 18.3 Å². The largest absolute Gasteiger partial charge is 0.356 e. The average molecular weight is 293 g/mol. The highest BCUT2D eigenvalue weighted by Gasteiger charge is 2.18. The number of hydrogen-bond acceptors (Lipinski definition) is 3. The van der Waals surface area contributed by atoms with E-state index in [9.17, 15) is 4.79 Å². The maximum atomic E-state index is 11.8. The molecule has 2 rings (SSSR count). The molecule has 2 aliphatic heterocycles. The Morgan fingerprint density at radius 2 is 1.78 bits per heavy atom. The van der Waals surface area contributed by atoms with Crippen LogP contribution in [0.25, 0.3) is 0 Å². The van der Waals surface area contributed by atoms with Crippen molar-refractivity contribution < 1.29 is 4.79 Å². The molecule has 0 atom stereocenters. The first-order chi connectivity index (χ1) is 8.34. The van der Waals surface area contributed by atoms with Gasteiger partial charge in [0, 0.05) is 13.0 Å². The third kappa shape index (κ3) is 5.81. The highest BCUT2D eigenvalue weighted by Crippen LogP contribution is 2.22. The summed E-state index contributed by atoms with van der Waals surface area (Å²) in [6, 6.07) is 0. The van der Waals surface area contributed by atoms with E-state index < -0.39 is 0 Å². The number of hydrogen-bond donors (Lipinski definition) is 2. The summed E-state index contributed by atoms with van der Waals surface area (Å²) in [6.07, 6.45) is 5.61. The maximum Gasteiger partial charge on any atom is 0.220 e. The molecule has 2 aliphatic rings.